The first-order valence-electron chi connectivity index (χ1n) is 9.59. The number of para-hydroxylation sites is 1. The van der Waals surface area contributed by atoms with Crippen LogP contribution in [0.5, 0.6) is 11.5 Å². The SMILES string of the molecule is O=C(Nc1ccc(-c2csc(-c3ccccc3)n2)cc1)c1cccc2c1OCCO2. The summed E-state index contributed by atoms with van der Waals surface area (Å²) in [4.78, 5) is 17.5. The van der Waals surface area contributed by atoms with E-state index in [9.17, 15) is 4.79 Å². The Bertz CT molecular complexity index is 1190. The molecule has 0 aliphatic carbocycles. The van der Waals surface area contributed by atoms with Crippen molar-refractivity contribution < 1.29 is 14.3 Å². The van der Waals surface area contributed by atoms with Gasteiger partial charge in [0.05, 0.1) is 11.3 Å². The number of carbonyl (C=O) groups excluding carboxylic acids is 1. The first-order chi connectivity index (χ1) is 14.8. The molecule has 4 aromatic rings. The molecule has 5 rings (SSSR count). The molecule has 1 aliphatic heterocycles. The predicted octanol–water partition coefficient (Wildman–Crippen LogP) is 5.50. The van der Waals surface area contributed by atoms with Gasteiger partial charge in [-0.1, -0.05) is 48.5 Å². The maximum atomic E-state index is 12.7. The summed E-state index contributed by atoms with van der Waals surface area (Å²) in [7, 11) is 0. The lowest BCUT2D eigenvalue weighted by atomic mass is 10.1. The Hall–Kier alpha value is -3.64. The van der Waals surface area contributed by atoms with Crippen molar-refractivity contribution in [2.24, 2.45) is 0 Å². The molecule has 1 amide bonds. The van der Waals surface area contributed by atoms with Gasteiger partial charge in [-0.15, -0.1) is 11.3 Å². The third-order valence-electron chi connectivity index (χ3n) is 4.77. The molecule has 148 valence electrons. The molecule has 3 aromatic carbocycles. The number of fused-ring (bicyclic) bond motifs is 1. The van der Waals surface area contributed by atoms with Crippen molar-refractivity contribution in [3.63, 3.8) is 0 Å². The van der Waals surface area contributed by atoms with Gasteiger partial charge in [0.1, 0.15) is 18.2 Å². The number of thiazole rings is 1. The average molecular weight is 414 g/mol. The van der Waals surface area contributed by atoms with Crippen LogP contribution in [0.15, 0.2) is 78.2 Å². The van der Waals surface area contributed by atoms with Crippen LogP contribution in [0.2, 0.25) is 0 Å². The van der Waals surface area contributed by atoms with Crippen molar-refractivity contribution in [3.8, 4) is 33.3 Å². The van der Waals surface area contributed by atoms with E-state index in [4.69, 9.17) is 14.5 Å². The quantitative estimate of drug-likeness (QED) is 0.479. The van der Waals surface area contributed by atoms with Crippen molar-refractivity contribution in [3.05, 3.63) is 83.7 Å². The fourth-order valence-corrected chi connectivity index (χ4v) is 4.13. The van der Waals surface area contributed by atoms with E-state index in [-0.39, 0.29) is 5.91 Å². The second-order valence-corrected chi connectivity index (χ2v) is 7.62. The maximum absolute atomic E-state index is 12.7. The molecule has 5 nitrogen and oxygen atoms in total. The summed E-state index contributed by atoms with van der Waals surface area (Å²) >= 11 is 1.62. The van der Waals surface area contributed by atoms with Crippen LogP contribution in [0.3, 0.4) is 0 Å². The molecular formula is C24H18N2O3S. The molecule has 1 N–H and O–H groups in total. The summed E-state index contributed by atoms with van der Waals surface area (Å²) in [6.45, 7) is 0.923. The van der Waals surface area contributed by atoms with Gasteiger partial charge in [-0.25, -0.2) is 4.98 Å². The second-order valence-electron chi connectivity index (χ2n) is 6.77. The highest BCUT2D eigenvalue weighted by molar-refractivity contribution is 7.13. The van der Waals surface area contributed by atoms with Gasteiger partial charge in [-0.3, -0.25) is 4.79 Å². The van der Waals surface area contributed by atoms with Crippen LogP contribution in [0.25, 0.3) is 21.8 Å². The average Bonchev–Trinajstić information content (AvgIpc) is 3.30. The van der Waals surface area contributed by atoms with Gasteiger partial charge >= 0.3 is 0 Å². The van der Waals surface area contributed by atoms with E-state index in [1.165, 1.54) is 0 Å². The molecule has 30 heavy (non-hydrogen) atoms. The number of anilines is 1. The van der Waals surface area contributed by atoms with Crippen LogP contribution < -0.4 is 14.8 Å². The third kappa shape index (κ3) is 3.65. The minimum absolute atomic E-state index is 0.231. The first kappa shape index (κ1) is 18.4. The van der Waals surface area contributed by atoms with Gasteiger partial charge in [-0.2, -0.15) is 0 Å². The van der Waals surface area contributed by atoms with Gasteiger partial charge in [-0.05, 0) is 24.3 Å². The van der Waals surface area contributed by atoms with E-state index < -0.39 is 0 Å². The molecule has 0 fully saturated rings. The smallest absolute Gasteiger partial charge is 0.259 e. The van der Waals surface area contributed by atoms with Crippen molar-refractivity contribution in [2.45, 2.75) is 0 Å². The fraction of sp³-hybridized carbons (Fsp3) is 0.0833. The summed E-state index contributed by atoms with van der Waals surface area (Å²) in [5.74, 6) is 0.862. The zero-order valence-corrected chi connectivity index (χ0v) is 16.8. The number of hydrogen-bond donors (Lipinski definition) is 1. The lowest BCUT2D eigenvalue weighted by Gasteiger charge is -2.20. The Morgan fingerprint density at radius 2 is 1.67 bits per heavy atom. The van der Waals surface area contributed by atoms with Crippen LogP contribution in [0.4, 0.5) is 5.69 Å². The number of amides is 1. The number of rotatable bonds is 4. The number of aromatic nitrogens is 1. The molecule has 2 heterocycles. The molecule has 6 heteroatoms. The van der Waals surface area contributed by atoms with Gasteiger partial charge < -0.3 is 14.8 Å². The zero-order chi connectivity index (χ0) is 20.3. The van der Waals surface area contributed by atoms with Crippen LogP contribution in [0, 0.1) is 0 Å². The minimum atomic E-state index is -0.231. The first-order valence-corrected chi connectivity index (χ1v) is 10.5. The van der Waals surface area contributed by atoms with E-state index in [0.717, 1.165) is 21.8 Å². The lowest BCUT2D eigenvalue weighted by molar-refractivity contribution is 0.101. The number of hydrogen-bond acceptors (Lipinski definition) is 5. The molecule has 0 bridgehead atoms. The molecule has 0 radical (unpaired) electrons. The highest BCUT2D eigenvalue weighted by atomic mass is 32.1. The van der Waals surface area contributed by atoms with Gasteiger partial charge in [0.2, 0.25) is 0 Å². The topological polar surface area (TPSA) is 60.5 Å². The Balaban J connectivity index is 1.33. The highest BCUT2D eigenvalue weighted by Crippen LogP contribution is 2.34. The number of nitrogens with one attached hydrogen (secondary N) is 1. The van der Waals surface area contributed by atoms with E-state index in [2.05, 4.69) is 17.4 Å². The molecule has 1 aliphatic rings. The van der Waals surface area contributed by atoms with Crippen LogP contribution in [-0.2, 0) is 0 Å². The van der Waals surface area contributed by atoms with Gasteiger partial charge in [0.15, 0.2) is 11.5 Å². The summed E-state index contributed by atoms with van der Waals surface area (Å²) in [6.07, 6.45) is 0. The van der Waals surface area contributed by atoms with E-state index >= 15 is 0 Å². The minimum Gasteiger partial charge on any atom is -0.486 e. The second kappa shape index (κ2) is 8.00. The summed E-state index contributed by atoms with van der Waals surface area (Å²) < 4.78 is 11.2. The standard InChI is InChI=1S/C24H18N2O3S/c27-23(19-7-4-8-21-22(19)29-14-13-28-21)25-18-11-9-16(10-12-18)20-15-30-24(26-20)17-5-2-1-3-6-17/h1-12,15H,13-14H2,(H,25,27). The molecule has 0 saturated heterocycles. The van der Waals surface area contributed by atoms with Crippen molar-refractivity contribution >= 4 is 22.9 Å². The van der Waals surface area contributed by atoms with Crippen molar-refractivity contribution in [2.75, 3.05) is 18.5 Å². The van der Waals surface area contributed by atoms with E-state index in [1.54, 1.807) is 29.5 Å². The zero-order valence-electron chi connectivity index (χ0n) is 16.0. The Labute approximate surface area is 177 Å². The predicted molar refractivity (Wildman–Crippen MR) is 118 cm³/mol. The summed E-state index contributed by atoms with van der Waals surface area (Å²) in [6, 6.07) is 23.1. The number of benzene rings is 3. The molecular weight excluding hydrogens is 396 g/mol. The summed E-state index contributed by atoms with van der Waals surface area (Å²) in [5.41, 5.74) is 4.19. The van der Waals surface area contributed by atoms with Crippen LogP contribution in [-0.4, -0.2) is 24.1 Å². The lowest BCUT2D eigenvalue weighted by Crippen LogP contribution is -2.20. The molecule has 0 spiro atoms. The fourth-order valence-electron chi connectivity index (χ4n) is 3.29. The van der Waals surface area contributed by atoms with Crippen molar-refractivity contribution in [1.82, 2.24) is 4.98 Å². The normalized spacial score (nSPS) is 12.4. The number of ether oxygens (including phenoxy) is 2. The largest absolute Gasteiger partial charge is 0.486 e. The van der Waals surface area contributed by atoms with Gasteiger partial charge in [0.25, 0.3) is 5.91 Å². The highest BCUT2D eigenvalue weighted by Gasteiger charge is 2.20. The molecule has 0 atom stereocenters. The van der Waals surface area contributed by atoms with E-state index in [0.29, 0.717) is 36.0 Å². The summed E-state index contributed by atoms with van der Waals surface area (Å²) in [5, 5.41) is 5.96. The molecule has 1 aromatic heterocycles. The maximum Gasteiger partial charge on any atom is 0.259 e. The van der Waals surface area contributed by atoms with Crippen molar-refractivity contribution in [1.29, 1.82) is 0 Å². The monoisotopic (exact) mass is 414 g/mol. The van der Waals surface area contributed by atoms with Crippen LogP contribution >= 0.6 is 11.3 Å². The Kier molecular flexibility index (Phi) is 4.91. The Morgan fingerprint density at radius 3 is 2.50 bits per heavy atom. The molecule has 0 saturated carbocycles. The Morgan fingerprint density at radius 1 is 0.867 bits per heavy atom. The van der Waals surface area contributed by atoms with E-state index in [1.807, 2.05) is 47.8 Å². The number of nitrogens with zero attached hydrogens (tertiary/aromatic N) is 1. The van der Waals surface area contributed by atoms with Crippen LogP contribution in [0.1, 0.15) is 10.4 Å². The third-order valence-corrected chi connectivity index (χ3v) is 5.67. The van der Waals surface area contributed by atoms with Gasteiger partial charge in [0, 0.05) is 22.2 Å². The molecule has 0 unspecified atom stereocenters. The number of carbonyl (C=O) groups is 1.